The fourth-order valence-electron chi connectivity index (χ4n) is 2.07. The van der Waals surface area contributed by atoms with Gasteiger partial charge in [-0.15, -0.1) is 0 Å². The molecule has 0 atom stereocenters. The number of sulfonamides is 1. The van der Waals surface area contributed by atoms with E-state index in [-0.39, 0.29) is 4.90 Å². The van der Waals surface area contributed by atoms with E-state index < -0.39 is 10.0 Å². The predicted octanol–water partition coefficient (Wildman–Crippen LogP) is 4.93. The molecule has 0 saturated carbocycles. The van der Waals surface area contributed by atoms with Crippen molar-refractivity contribution in [3.8, 4) is 0 Å². The summed E-state index contributed by atoms with van der Waals surface area (Å²) in [6.45, 7) is 0. The second kappa shape index (κ2) is 7.31. The average molecular weight is 394 g/mol. The third-order valence-corrected chi connectivity index (χ3v) is 5.21. The first-order chi connectivity index (χ1) is 11.9. The van der Waals surface area contributed by atoms with Crippen molar-refractivity contribution >= 4 is 50.4 Å². The van der Waals surface area contributed by atoms with Gasteiger partial charge < -0.3 is 5.32 Å². The maximum Gasteiger partial charge on any atom is 0.261 e. The molecule has 8 heteroatoms. The highest BCUT2D eigenvalue weighted by atomic mass is 35.5. The third-order valence-electron chi connectivity index (χ3n) is 3.26. The van der Waals surface area contributed by atoms with Gasteiger partial charge in [0, 0.05) is 5.02 Å². The number of rotatable bonds is 5. The van der Waals surface area contributed by atoms with Crippen LogP contribution in [-0.4, -0.2) is 13.4 Å². The molecule has 128 valence electrons. The minimum Gasteiger partial charge on any atom is -0.339 e. The Kier molecular flexibility index (Phi) is 5.13. The Bertz CT molecular complexity index is 979. The van der Waals surface area contributed by atoms with Crippen molar-refractivity contribution in [1.29, 1.82) is 0 Å². The molecule has 0 spiro atoms. The molecule has 0 aliphatic rings. The highest BCUT2D eigenvalue weighted by Gasteiger charge is 2.13. The lowest BCUT2D eigenvalue weighted by molar-refractivity contribution is 0.601. The van der Waals surface area contributed by atoms with E-state index in [4.69, 9.17) is 23.2 Å². The quantitative estimate of drug-likeness (QED) is 0.644. The van der Waals surface area contributed by atoms with Crippen molar-refractivity contribution in [2.24, 2.45) is 0 Å². The zero-order chi connectivity index (χ0) is 17.9. The number of nitrogens with zero attached hydrogens (tertiary/aromatic N) is 1. The van der Waals surface area contributed by atoms with Gasteiger partial charge >= 0.3 is 0 Å². The van der Waals surface area contributed by atoms with Gasteiger partial charge in [0.1, 0.15) is 5.82 Å². The lowest BCUT2D eigenvalue weighted by atomic mass is 10.3. The van der Waals surface area contributed by atoms with Crippen LogP contribution in [0.25, 0.3) is 0 Å². The van der Waals surface area contributed by atoms with Gasteiger partial charge in [-0.2, -0.15) is 0 Å². The first kappa shape index (κ1) is 17.5. The van der Waals surface area contributed by atoms with Crippen LogP contribution in [0.4, 0.5) is 17.2 Å². The van der Waals surface area contributed by atoms with Crippen LogP contribution in [-0.2, 0) is 10.0 Å². The van der Waals surface area contributed by atoms with Crippen molar-refractivity contribution in [2.75, 3.05) is 10.0 Å². The van der Waals surface area contributed by atoms with Crippen molar-refractivity contribution in [1.82, 2.24) is 4.98 Å². The van der Waals surface area contributed by atoms with E-state index >= 15 is 0 Å². The van der Waals surface area contributed by atoms with Gasteiger partial charge in [-0.05, 0) is 42.5 Å². The van der Waals surface area contributed by atoms with Crippen LogP contribution in [0.1, 0.15) is 0 Å². The average Bonchev–Trinajstić information content (AvgIpc) is 2.59. The smallest absolute Gasteiger partial charge is 0.261 e. The minimum absolute atomic E-state index is 0.185. The van der Waals surface area contributed by atoms with Crippen LogP contribution in [0, 0.1) is 0 Å². The first-order valence-corrected chi connectivity index (χ1v) is 9.44. The molecule has 2 aromatic carbocycles. The second-order valence-electron chi connectivity index (χ2n) is 5.10. The normalized spacial score (nSPS) is 11.1. The summed E-state index contributed by atoms with van der Waals surface area (Å²) in [4.78, 5) is 4.37. The number of nitrogens with one attached hydrogen (secondary N) is 2. The summed E-state index contributed by atoms with van der Waals surface area (Å²) in [5, 5.41) is 4.04. The van der Waals surface area contributed by atoms with Gasteiger partial charge in [0.2, 0.25) is 0 Å². The summed E-state index contributed by atoms with van der Waals surface area (Å²) in [6, 6.07) is 16.4. The fraction of sp³-hybridized carbons (Fsp3) is 0. The van der Waals surface area contributed by atoms with E-state index in [1.165, 1.54) is 18.3 Å². The zero-order valence-corrected chi connectivity index (χ0v) is 15.1. The van der Waals surface area contributed by atoms with E-state index in [0.29, 0.717) is 27.2 Å². The Balaban J connectivity index is 1.74. The largest absolute Gasteiger partial charge is 0.339 e. The molecular weight excluding hydrogens is 381 g/mol. The van der Waals surface area contributed by atoms with E-state index in [1.54, 1.807) is 48.5 Å². The molecular formula is C17H13Cl2N3O2S. The van der Waals surface area contributed by atoms with Crippen molar-refractivity contribution in [3.05, 3.63) is 76.9 Å². The van der Waals surface area contributed by atoms with Crippen LogP contribution < -0.4 is 10.0 Å². The maximum atomic E-state index is 12.3. The molecule has 0 aliphatic heterocycles. The Morgan fingerprint density at radius 2 is 1.68 bits per heavy atom. The molecule has 0 radical (unpaired) electrons. The van der Waals surface area contributed by atoms with Gasteiger partial charge in [-0.3, -0.25) is 4.72 Å². The lowest BCUT2D eigenvalue weighted by Gasteiger charge is -2.10. The SMILES string of the molecule is O=S(=O)(Nc1ccc(Nc2ccc(Cl)cc2Cl)nc1)c1ccccc1. The Morgan fingerprint density at radius 1 is 0.920 bits per heavy atom. The standard InChI is InChI=1S/C17H13Cl2N3O2S/c18-12-6-8-16(15(19)10-12)21-17-9-7-13(11-20-17)22-25(23,24)14-4-2-1-3-5-14/h1-11,22H,(H,20,21). The van der Waals surface area contributed by atoms with Crippen molar-refractivity contribution in [2.45, 2.75) is 4.90 Å². The van der Waals surface area contributed by atoms with Crippen LogP contribution in [0.5, 0.6) is 0 Å². The summed E-state index contributed by atoms with van der Waals surface area (Å²) in [6.07, 6.45) is 1.42. The molecule has 0 aliphatic carbocycles. The van der Waals surface area contributed by atoms with Crippen LogP contribution in [0.2, 0.25) is 10.0 Å². The fourth-order valence-corrected chi connectivity index (χ4v) is 3.59. The van der Waals surface area contributed by atoms with Crippen LogP contribution in [0.3, 0.4) is 0 Å². The van der Waals surface area contributed by atoms with Crippen LogP contribution >= 0.6 is 23.2 Å². The number of hydrogen-bond acceptors (Lipinski definition) is 4. The summed E-state index contributed by atoms with van der Waals surface area (Å²) in [5.41, 5.74) is 1.01. The number of hydrogen-bond donors (Lipinski definition) is 2. The van der Waals surface area contributed by atoms with E-state index in [2.05, 4.69) is 15.0 Å². The van der Waals surface area contributed by atoms with Gasteiger partial charge in [0.05, 0.1) is 27.5 Å². The lowest BCUT2D eigenvalue weighted by Crippen LogP contribution is -2.13. The molecule has 2 N–H and O–H groups in total. The maximum absolute atomic E-state index is 12.3. The first-order valence-electron chi connectivity index (χ1n) is 7.20. The molecule has 1 heterocycles. The molecule has 25 heavy (non-hydrogen) atoms. The minimum atomic E-state index is -3.64. The molecule has 0 bridgehead atoms. The number of anilines is 3. The van der Waals surface area contributed by atoms with Crippen LogP contribution in [0.15, 0.2) is 71.8 Å². The predicted molar refractivity (Wildman–Crippen MR) is 101 cm³/mol. The van der Waals surface area contributed by atoms with Crippen molar-refractivity contribution < 1.29 is 8.42 Å². The topological polar surface area (TPSA) is 71.1 Å². The number of halogens is 2. The molecule has 1 aromatic heterocycles. The summed E-state index contributed by atoms with van der Waals surface area (Å²) >= 11 is 12.0. The molecule has 5 nitrogen and oxygen atoms in total. The molecule has 3 aromatic rings. The van der Waals surface area contributed by atoms with Gasteiger partial charge in [-0.1, -0.05) is 41.4 Å². The highest BCUT2D eigenvalue weighted by Crippen LogP contribution is 2.28. The van der Waals surface area contributed by atoms with E-state index in [9.17, 15) is 8.42 Å². The Hall–Kier alpha value is -2.28. The highest BCUT2D eigenvalue weighted by molar-refractivity contribution is 7.92. The molecule has 3 rings (SSSR count). The number of aromatic nitrogens is 1. The Morgan fingerprint density at radius 3 is 2.32 bits per heavy atom. The van der Waals surface area contributed by atoms with E-state index in [0.717, 1.165) is 0 Å². The Labute approximate surface area is 155 Å². The monoisotopic (exact) mass is 393 g/mol. The van der Waals surface area contributed by atoms with E-state index in [1.807, 2.05) is 0 Å². The van der Waals surface area contributed by atoms with Gasteiger partial charge in [0.25, 0.3) is 10.0 Å². The summed E-state index contributed by atoms with van der Waals surface area (Å²) in [7, 11) is -3.64. The molecule has 0 amide bonds. The molecule has 0 saturated heterocycles. The second-order valence-corrected chi connectivity index (χ2v) is 7.63. The molecule has 0 fully saturated rings. The third kappa shape index (κ3) is 4.42. The number of pyridine rings is 1. The van der Waals surface area contributed by atoms with Gasteiger partial charge in [0.15, 0.2) is 0 Å². The molecule has 0 unspecified atom stereocenters. The summed E-state index contributed by atoms with van der Waals surface area (Å²) in [5.74, 6) is 0.520. The number of benzene rings is 2. The summed E-state index contributed by atoms with van der Waals surface area (Å²) < 4.78 is 27.0. The van der Waals surface area contributed by atoms with Gasteiger partial charge in [-0.25, -0.2) is 13.4 Å². The van der Waals surface area contributed by atoms with Crippen molar-refractivity contribution in [3.63, 3.8) is 0 Å². The zero-order valence-electron chi connectivity index (χ0n) is 12.8.